The van der Waals surface area contributed by atoms with E-state index in [9.17, 15) is 4.79 Å². The van der Waals surface area contributed by atoms with Crippen LogP contribution in [0.1, 0.15) is 43.7 Å². The molecule has 6 aromatic rings. The lowest BCUT2D eigenvalue weighted by molar-refractivity contribution is -0.129. The van der Waals surface area contributed by atoms with E-state index in [0.717, 1.165) is 84.1 Å². The zero-order valence-corrected chi connectivity index (χ0v) is 28.3. The Morgan fingerprint density at radius 2 is 1.37 bits per heavy atom. The maximum Gasteiger partial charge on any atom is 0.219 e. The van der Waals surface area contributed by atoms with Gasteiger partial charge in [-0.05, 0) is 80.8 Å². The third-order valence-electron chi connectivity index (χ3n) is 9.22. The van der Waals surface area contributed by atoms with Crippen LogP contribution in [0.4, 0.5) is 11.6 Å². The number of anilines is 2. The van der Waals surface area contributed by atoms with Gasteiger partial charge < -0.3 is 20.9 Å². The van der Waals surface area contributed by atoms with Gasteiger partial charge in [-0.15, -0.1) is 0 Å². The Balaban J connectivity index is 0.000000160. The maximum atomic E-state index is 11.6. The van der Waals surface area contributed by atoms with Crippen LogP contribution in [0.2, 0.25) is 0 Å². The molecule has 1 unspecified atom stereocenters. The number of hydrogen-bond donors (Lipinski definition) is 3. The summed E-state index contributed by atoms with van der Waals surface area (Å²) in [6.07, 6.45) is 11.5. The van der Waals surface area contributed by atoms with Gasteiger partial charge in [0.15, 0.2) is 0 Å². The average Bonchev–Trinajstić information content (AvgIpc) is 3.80. The molecule has 13 heteroatoms. The Bertz CT molecular complexity index is 2260. The van der Waals surface area contributed by atoms with Crippen LogP contribution in [0, 0.1) is 22.7 Å². The van der Waals surface area contributed by atoms with Crippen molar-refractivity contribution in [2.24, 2.45) is 0 Å². The Hall–Kier alpha value is -6.31. The summed E-state index contributed by atoms with van der Waals surface area (Å²) in [4.78, 5) is 23.0. The summed E-state index contributed by atoms with van der Waals surface area (Å²) in [5.74, 6) is 1.76. The van der Waals surface area contributed by atoms with Crippen molar-refractivity contribution in [3.63, 3.8) is 0 Å². The molecule has 2 atom stereocenters. The predicted octanol–water partition coefficient (Wildman–Crippen LogP) is 5.12. The van der Waals surface area contributed by atoms with Gasteiger partial charge in [-0.25, -0.2) is 19.0 Å². The minimum absolute atomic E-state index is 0.114. The normalized spacial score (nSPS) is 17.2. The largest absolute Gasteiger partial charge is 0.366 e. The van der Waals surface area contributed by atoms with E-state index < -0.39 is 0 Å². The Kier molecular flexibility index (Phi) is 9.81. The first kappa shape index (κ1) is 33.2. The molecular weight excluding hydrogens is 641 g/mol. The molecule has 2 fully saturated rings. The van der Waals surface area contributed by atoms with Crippen molar-refractivity contribution < 1.29 is 4.79 Å². The van der Waals surface area contributed by atoms with Crippen LogP contribution in [-0.4, -0.2) is 78.3 Å². The fourth-order valence-electron chi connectivity index (χ4n) is 6.60. The number of amides is 1. The molecular formula is C38H38N12O. The zero-order chi connectivity index (χ0) is 35.2. The number of carbonyl (C=O) groups is 1. The summed E-state index contributed by atoms with van der Waals surface area (Å²) in [6.45, 7) is 5.19. The third kappa shape index (κ3) is 7.64. The molecule has 0 saturated carbocycles. The summed E-state index contributed by atoms with van der Waals surface area (Å²) in [5.41, 5.74) is 6.40. The summed E-state index contributed by atoms with van der Waals surface area (Å²) < 4.78 is 3.51. The lowest BCUT2D eigenvalue weighted by Gasteiger charge is -2.32. The predicted molar refractivity (Wildman–Crippen MR) is 195 cm³/mol. The summed E-state index contributed by atoms with van der Waals surface area (Å²) >= 11 is 0. The van der Waals surface area contributed by atoms with Gasteiger partial charge in [-0.3, -0.25) is 4.79 Å². The number of nitrogens with one attached hydrogen (secondary N) is 3. The van der Waals surface area contributed by atoms with Crippen LogP contribution in [-0.2, 0) is 4.79 Å². The minimum Gasteiger partial charge on any atom is -0.366 e. The number of likely N-dealkylation sites (tertiary alicyclic amines) is 1. The van der Waals surface area contributed by atoms with Crippen LogP contribution in [0.25, 0.3) is 33.5 Å². The number of hydrogen-bond acceptors (Lipinski definition) is 10. The highest BCUT2D eigenvalue weighted by atomic mass is 16.2. The standard InChI is InChI=1S/C20H20N6O.C18H18N6/c1-14(27)25-8-3-4-16(13-25)23-20-6-2-5-18(24-20)17-12-22-26-9-7-15(11-21)10-19(17)26;19-10-13-6-8-24-17(9-13)15(12-21-24)16-4-1-5-18(23-16)22-14-3-2-7-20-11-14/h2,5-7,9-10,12,16H,3-4,8,13H2,1H3,(H,23,24);1,4-6,8-9,12,14,20H,2-3,7,11H2,(H,22,23)/t;14-/m.0/s1. The highest BCUT2D eigenvalue weighted by molar-refractivity contribution is 5.80. The number of aromatic nitrogens is 6. The van der Waals surface area contributed by atoms with Gasteiger partial charge in [0, 0.05) is 62.2 Å². The molecule has 2 aliphatic heterocycles. The molecule has 0 radical (unpaired) electrons. The van der Waals surface area contributed by atoms with Crippen LogP contribution in [0.3, 0.4) is 0 Å². The van der Waals surface area contributed by atoms with E-state index in [0.29, 0.717) is 23.7 Å². The van der Waals surface area contributed by atoms with E-state index in [1.165, 1.54) is 6.42 Å². The second-order valence-corrected chi connectivity index (χ2v) is 12.8. The average molecular weight is 679 g/mol. The molecule has 0 bridgehead atoms. The first-order valence-corrected chi connectivity index (χ1v) is 17.2. The molecule has 0 aliphatic carbocycles. The smallest absolute Gasteiger partial charge is 0.219 e. The van der Waals surface area contributed by atoms with Crippen molar-refractivity contribution >= 4 is 28.6 Å². The molecule has 0 aromatic carbocycles. The highest BCUT2D eigenvalue weighted by Crippen LogP contribution is 2.27. The van der Waals surface area contributed by atoms with Gasteiger partial charge in [0.05, 0.1) is 58.1 Å². The number of piperidine rings is 2. The molecule has 256 valence electrons. The van der Waals surface area contributed by atoms with E-state index in [4.69, 9.17) is 20.5 Å². The van der Waals surface area contributed by atoms with E-state index >= 15 is 0 Å². The Morgan fingerprint density at radius 1 is 0.804 bits per heavy atom. The van der Waals surface area contributed by atoms with Crippen LogP contribution in [0.5, 0.6) is 0 Å². The van der Waals surface area contributed by atoms with Gasteiger partial charge in [0.1, 0.15) is 11.6 Å². The number of fused-ring (bicyclic) bond motifs is 2. The van der Waals surface area contributed by atoms with Crippen molar-refractivity contribution in [1.29, 1.82) is 10.5 Å². The molecule has 2 aliphatic rings. The van der Waals surface area contributed by atoms with Gasteiger partial charge >= 0.3 is 0 Å². The lowest BCUT2D eigenvalue weighted by Crippen LogP contribution is -2.44. The zero-order valence-electron chi connectivity index (χ0n) is 28.3. The molecule has 51 heavy (non-hydrogen) atoms. The van der Waals surface area contributed by atoms with Crippen molar-refractivity contribution in [2.75, 3.05) is 36.8 Å². The van der Waals surface area contributed by atoms with E-state index in [1.807, 2.05) is 53.4 Å². The van der Waals surface area contributed by atoms with Gasteiger partial charge in [-0.1, -0.05) is 12.1 Å². The molecule has 6 aromatic heterocycles. The van der Waals surface area contributed by atoms with E-state index in [1.54, 1.807) is 52.9 Å². The fraction of sp³-hybridized carbons (Fsp3) is 0.289. The maximum absolute atomic E-state index is 11.6. The number of carbonyl (C=O) groups excluding carboxylic acids is 1. The molecule has 2 saturated heterocycles. The monoisotopic (exact) mass is 678 g/mol. The molecule has 8 heterocycles. The number of rotatable bonds is 6. The van der Waals surface area contributed by atoms with Gasteiger partial charge in [0.25, 0.3) is 0 Å². The first-order chi connectivity index (χ1) is 25.0. The highest BCUT2D eigenvalue weighted by Gasteiger charge is 2.22. The summed E-state index contributed by atoms with van der Waals surface area (Å²) in [7, 11) is 0. The van der Waals surface area contributed by atoms with Crippen molar-refractivity contribution in [1.82, 2.24) is 39.4 Å². The van der Waals surface area contributed by atoms with Gasteiger partial charge in [0.2, 0.25) is 5.91 Å². The number of nitriles is 2. The molecule has 1 amide bonds. The van der Waals surface area contributed by atoms with Crippen LogP contribution >= 0.6 is 0 Å². The minimum atomic E-state index is 0.114. The van der Waals surface area contributed by atoms with Crippen molar-refractivity contribution in [3.8, 4) is 34.7 Å². The van der Waals surface area contributed by atoms with Crippen LogP contribution < -0.4 is 16.0 Å². The topological polar surface area (TPSA) is 164 Å². The van der Waals surface area contributed by atoms with Crippen LogP contribution in [0.15, 0.2) is 85.5 Å². The third-order valence-corrected chi connectivity index (χ3v) is 9.22. The fourth-order valence-corrected chi connectivity index (χ4v) is 6.60. The summed E-state index contributed by atoms with van der Waals surface area (Å²) in [6, 6.07) is 23.9. The quantitative estimate of drug-likeness (QED) is 0.215. The SMILES string of the molecule is CC(=O)N1CCCC(Nc2cccc(-c3cnn4ccc(C#N)cc34)n2)C1.N#Cc1ccn2ncc(-c3cccc(N[C@H]4CCCNC4)n3)c2c1. The molecule has 13 nitrogen and oxygen atoms in total. The van der Waals surface area contributed by atoms with E-state index in [-0.39, 0.29) is 11.9 Å². The molecule has 8 rings (SSSR count). The summed E-state index contributed by atoms with van der Waals surface area (Å²) in [5, 5.41) is 37.3. The lowest BCUT2D eigenvalue weighted by atomic mass is 10.1. The number of pyridine rings is 4. The Labute approximate surface area is 295 Å². The van der Waals surface area contributed by atoms with Crippen molar-refractivity contribution in [2.45, 2.75) is 44.7 Å². The number of nitrogens with zero attached hydrogens (tertiary/aromatic N) is 9. The molecule has 0 spiro atoms. The second-order valence-electron chi connectivity index (χ2n) is 12.8. The molecule has 3 N–H and O–H groups in total. The van der Waals surface area contributed by atoms with E-state index in [2.05, 4.69) is 38.3 Å². The van der Waals surface area contributed by atoms with Crippen molar-refractivity contribution in [3.05, 3.63) is 96.6 Å². The second kappa shape index (κ2) is 15.1. The van der Waals surface area contributed by atoms with Gasteiger partial charge in [-0.2, -0.15) is 20.7 Å². The first-order valence-electron chi connectivity index (χ1n) is 17.2. The Morgan fingerprint density at radius 3 is 1.90 bits per heavy atom.